The Morgan fingerprint density at radius 3 is 2.62 bits per heavy atom. The first-order chi connectivity index (χ1) is 7.54. The van der Waals surface area contributed by atoms with Gasteiger partial charge < -0.3 is 4.57 Å². The van der Waals surface area contributed by atoms with Gasteiger partial charge in [0.15, 0.2) is 0 Å². The fourth-order valence-electron chi connectivity index (χ4n) is 2.17. The zero-order valence-corrected chi connectivity index (χ0v) is 10.6. The third-order valence-corrected chi connectivity index (χ3v) is 2.93. The SMILES string of the molecule is CCCn1ccc2c(C(C)(C)C)ccnc21. The Kier molecular flexibility index (Phi) is 2.75. The van der Waals surface area contributed by atoms with Crippen molar-refractivity contribution < 1.29 is 0 Å². The van der Waals surface area contributed by atoms with E-state index in [1.165, 1.54) is 10.9 Å². The molecule has 86 valence electrons. The lowest BCUT2D eigenvalue weighted by Gasteiger charge is -2.19. The largest absolute Gasteiger partial charge is 0.333 e. The van der Waals surface area contributed by atoms with Gasteiger partial charge in [-0.15, -0.1) is 0 Å². The monoisotopic (exact) mass is 216 g/mol. The standard InChI is InChI=1S/C14H20N2/c1-5-9-16-10-7-11-12(14(2,3)4)6-8-15-13(11)16/h6-8,10H,5,9H2,1-4H3. The molecule has 2 heteroatoms. The van der Waals surface area contributed by atoms with Crippen LogP contribution in [0.15, 0.2) is 24.5 Å². The van der Waals surface area contributed by atoms with Gasteiger partial charge in [-0.1, -0.05) is 27.7 Å². The van der Waals surface area contributed by atoms with Crippen molar-refractivity contribution in [3.63, 3.8) is 0 Å². The molecular weight excluding hydrogens is 196 g/mol. The summed E-state index contributed by atoms with van der Waals surface area (Å²) >= 11 is 0. The molecule has 2 heterocycles. The Labute approximate surface area is 97.3 Å². The summed E-state index contributed by atoms with van der Waals surface area (Å²) in [5, 5.41) is 1.29. The highest BCUT2D eigenvalue weighted by molar-refractivity contribution is 5.81. The molecular formula is C14H20N2. The van der Waals surface area contributed by atoms with Crippen molar-refractivity contribution in [2.45, 2.75) is 46.1 Å². The van der Waals surface area contributed by atoms with Crippen LogP contribution in [0.25, 0.3) is 11.0 Å². The normalized spacial score (nSPS) is 12.2. The van der Waals surface area contributed by atoms with Crippen molar-refractivity contribution in [1.82, 2.24) is 9.55 Å². The van der Waals surface area contributed by atoms with Crippen molar-refractivity contribution in [2.24, 2.45) is 0 Å². The molecule has 0 aromatic carbocycles. The van der Waals surface area contributed by atoms with E-state index in [1.54, 1.807) is 0 Å². The molecule has 2 aromatic rings. The van der Waals surface area contributed by atoms with E-state index in [4.69, 9.17) is 0 Å². The molecule has 0 aliphatic rings. The predicted octanol–water partition coefficient (Wildman–Crippen LogP) is 3.74. The van der Waals surface area contributed by atoms with Gasteiger partial charge in [-0.2, -0.15) is 0 Å². The number of pyridine rings is 1. The molecule has 0 aliphatic carbocycles. The van der Waals surface area contributed by atoms with Crippen LogP contribution in [-0.4, -0.2) is 9.55 Å². The zero-order valence-electron chi connectivity index (χ0n) is 10.6. The third-order valence-electron chi connectivity index (χ3n) is 2.93. The topological polar surface area (TPSA) is 17.8 Å². The lowest BCUT2D eigenvalue weighted by molar-refractivity contribution is 0.595. The Hall–Kier alpha value is -1.31. The third kappa shape index (κ3) is 1.84. The lowest BCUT2D eigenvalue weighted by Crippen LogP contribution is -2.11. The van der Waals surface area contributed by atoms with Crippen LogP contribution in [0, 0.1) is 0 Å². The predicted molar refractivity (Wildman–Crippen MR) is 68.7 cm³/mol. The van der Waals surface area contributed by atoms with Crippen molar-refractivity contribution in [2.75, 3.05) is 0 Å². The highest BCUT2D eigenvalue weighted by Gasteiger charge is 2.18. The molecule has 0 unspecified atom stereocenters. The van der Waals surface area contributed by atoms with E-state index < -0.39 is 0 Å². The smallest absolute Gasteiger partial charge is 0.140 e. The van der Waals surface area contributed by atoms with Gasteiger partial charge >= 0.3 is 0 Å². The minimum atomic E-state index is 0.180. The first-order valence-electron chi connectivity index (χ1n) is 5.98. The van der Waals surface area contributed by atoms with Crippen LogP contribution in [0.2, 0.25) is 0 Å². The summed E-state index contributed by atoms with van der Waals surface area (Å²) in [7, 11) is 0. The molecule has 0 amide bonds. The molecule has 0 saturated carbocycles. The second-order valence-corrected chi connectivity index (χ2v) is 5.35. The highest BCUT2D eigenvalue weighted by Crippen LogP contribution is 2.29. The molecule has 0 spiro atoms. The van der Waals surface area contributed by atoms with Gasteiger partial charge in [-0.05, 0) is 29.5 Å². The summed E-state index contributed by atoms with van der Waals surface area (Å²) < 4.78 is 2.24. The summed E-state index contributed by atoms with van der Waals surface area (Å²) in [6.07, 6.45) is 5.22. The van der Waals surface area contributed by atoms with Crippen LogP contribution in [0.5, 0.6) is 0 Å². The summed E-state index contributed by atoms with van der Waals surface area (Å²) in [5.41, 5.74) is 2.68. The molecule has 0 radical (unpaired) electrons. The lowest BCUT2D eigenvalue weighted by atomic mass is 9.86. The maximum atomic E-state index is 4.50. The molecule has 0 atom stereocenters. The Morgan fingerprint density at radius 2 is 2.00 bits per heavy atom. The zero-order chi connectivity index (χ0) is 11.8. The van der Waals surface area contributed by atoms with Crippen LogP contribution < -0.4 is 0 Å². The second kappa shape index (κ2) is 3.93. The van der Waals surface area contributed by atoms with Gasteiger partial charge in [0.05, 0.1) is 0 Å². The van der Waals surface area contributed by atoms with Gasteiger partial charge in [0, 0.05) is 24.3 Å². The van der Waals surface area contributed by atoms with Crippen LogP contribution in [0.4, 0.5) is 0 Å². The molecule has 2 aromatic heterocycles. The van der Waals surface area contributed by atoms with E-state index in [-0.39, 0.29) is 5.41 Å². The summed E-state index contributed by atoms with van der Waals surface area (Å²) in [5.74, 6) is 0. The van der Waals surface area contributed by atoms with Crippen molar-refractivity contribution in [1.29, 1.82) is 0 Å². The van der Waals surface area contributed by atoms with Crippen molar-refractivity contribution >= 4 is 11.0 Å². The van der Waals surface area contributed by atoms with Crippen LogP contribution >= 0.6 is 0 Å². The fraction of sp³-hybridized carbons (Fsp3) is 0.500. The Bertz CT molecular complexity index is 489. The highest BCUT2D eigenvalue weighted by atomic mass is 15.0. The molecule has 2 nitrogen and oxygen atoms in total. The molecule has 0 bridgehead atoms. The second-order valence-electron chi connectivity index (χ2n) is 5.35. The van der Waals surface area contributed by atoms with Crippen molar-refractivity contribution in [3.05, 3.63) is 30.1 Å². The van der Waals surface area contributed by atoms with Crippen molar-refractivity contribution in [3.8, 4) is 0 Å². The minimum Gasteiger partial charge on any atom is -0.333 e. The number of nitrogens with zero attached hydrogens (tertiary/aromatic N) is 2. The van der Waals surface area contributed by atoms with Crippen LogP contribution in [0.3, 0.4) is 0 Å². The average Bonchev–Trinajstić information content (AvgIpc) is 2.61. The van der Waals surface area contributed by atoms with E-state index >= 15 is 0 Å². The van der Waals surface area contributed by atoms with E-state index in [1.807, 2.05) is 6.20 Å². The average molecular weight is 216 g/mol. The summed E-state index contributed by atoms with van der Waals surface area (Å²) in [4.78, 5) is 4.50. The number of aromatic nitrogens is 2. The van der Waals surface area contributed by atoms with E-state index in [9.17, 15) is 0 Å². The minimum absolute atomic E-state index is 0.180. The quantitative estimate of drug-likeness (QED) is 0.747. The number of aryl methyl sites for hydroxylation is 1. The van der Waals surface area contributed by atoms with Crippen LogP contribution in [-0.2, 0) is 12.0 Å². The molecule has 0 saturated heterocycles. The number of hydrogen-bond donors (Lipinski definition) is 0. The Balaban J connectivity index is 2.62. The molecule has 0 N–H and O–H groups in total. The van der Waals surface area contributed by atoms with E-state index in [0.29, 0.717) is 0 Å². The van der Waals surface area contributed by atoms with Gasteiger partial charge in [-0.25, -0.2) is 4.98 Å². The summed E-state index contributed by atoms with van der Waals surface area (Å²) in [6, 6.07) is 4.33. The molecule has 2 rings (SSSR count). The van der Waals surface area contributed by atoms with Gasteiger partial charge in [-0.3, -0.25) is 0 Å². The Morgan fingerprint density at radius 1 is 1.25 bits per heavy atom. The first-order valence-corrected chi connectivity index (χ1v) is 5.98. The van der Waals surface area contributed by atoms with E-state index in [0.717, 1.165) is 18.6 Å². The number of fused-ring (bicyclic) bond motifs is 1. The van der Waals surface area contributed by atoms with Gasteiger partial charge in [0.25, 0.3) is 0 Å². The summed E-state index contributed by atoms with van der Waals surface area (Å²) in [6.45, 7) is 9.99. The number of hydrogen-bond acceptors (Lipinski definition) is 1. The van der Waals surface area contributed by atoms with Gasteiger partial charge in [0.1, 0.15) is 5.65 Å². The maximum Gasteiger partial charge on any atom is 0.140 e. The molecule has 16 heavy (non-hydrogen) atoms. The number of rotatable bonds is 2. The molecule has 0 aliphatic heterocycles. The fourth-order valence-corrected chi connectivity index (χ4v) is 2.17. The van der Waals surface area contributed by atoms with Gasteiger partial charge in [0.2, 0.25) is 0 Å². The van der Waals surface area contributed by atoms with E-state index in [2.05, 4.69) is 55.6 Å². The molecule has 0 fully saturated rings. The first kappa shape index (κ1) is 11.2. The maximum absolute atomic E-state index is 4.50. The van der Waals surface area contributed by atoms with Crippen LogP contribution in [0.1, 0.15) is 39.7 Å².